The molecular formula is C18H26N2O5. The number of aliphatic hydroxyl groups excluding tert-OH is 1. The molecule has 1 aromatic carbocycles. The van der Waals surface area contributed by atoms with Crippen LogP contribution in [0.4, 0.5) is 0 Å². The Morgan fingerprint density at radius 2 is 2.08 bits per heavy atom. The van der Waals surface area contributed by atoms with Crippen molar-refractivity contribution in [1.29, 1.82) is 0 Å². The molecule has 1 aromatic rings. The quantitative estimate of drug-likeness (QED) is 0.683. The lowest BCUT2D eigenvalue weighted by Gasteiger charge is -2.23. The van der Waals surface area contributed by atoms with Crippen LogP contribution in [0, 0.1) is 5.92 Å². The van der Waals surface area contributed by atoms with E-state index in [4.69, 9.17) is 9.47 Å². The molecule has 0 saturated carbocycles. The normalized spacial score (nSPS) is 21.0. The van der Waals surface area contributed by atoms with Gasteiger partial charge in [0, 0.05) is 0 Å². The molecule has 7 heteroatoms. The summed E-state index contributed by atoms with van der Waals surface area (Å²) in [6, 6.07) is 5.69. The van der Waals surface area contributed by atoms with E-state index in [-0.39, 0.29) is 17.7 Å². The molecule has 0 aliphatic carbocycles. The van der Waals surface area contributed by atoms with Crippen molar-refractivity contribution in [3.05, 3.63) is 29.8 Å². The minimum Gasteiger partial charge on any atom is -0.496 e. The molecule has 0 bridgehead atoms. The summed E-state index contributed by atoms with van der Waals surface area (Å²) in [5, 5.41) is 15.2. The minimum absolute atomic E-state index is 0.207. The number of benzene rings is 1. The molecule has 1 aliphatic heterocycles. The average molecular weight is 350 g/mol. The summed E-state index contributed by atoms with van der Waals surface area (Å²) in [6.07, 6.45) is 0.0200. The molecule has 3 atom stereocenters. The Morgan fingerprint density at radius 3 is 2.68 bits per heavy atom. The molecule has 1 saturated heterocycles. The lowest BCUT2D eigenvalue weighted by Crippen LogP contribution is -2.51. The standard InChI is InChI=1S/C18H26N2O5/c1-11(2)10-14(17(22)19-13-8-9-25-18(13)23)20-16(21)12-6-4-5-7-15(12)24-3/h4-7,11,13-14,18,23H,8-10H2,1-3H3,(H,19,22)(H,20,21)/t13-,14-,18?/m0/s1. The Kier molecular flexibility index (Phi) is 6.78. The number of carbonyl (C=O) groups excluding carboxylic acids is 2. The summed E-state index contributed by atoms with van der Waals surface area (Å²) in [7, 11) is 1.49. The van der Waals surface area contributed by atoms with Gasteiger partial charge in [-0.25, -0.2) is 0 Å². The van der Waals surface area contributed by atoms with Gasteiger partial charge in [-0.1, -0.05) is 26.0 Å². The average Bonchev–Trinajstić information content (AvgIpc) is 2.98. The maximum Gasteiger partial charge on any atom is 0.255 e. The van der Waals surface area contributed by atoms with Gasteiger partial charge in [-0.05, 0) is 30.9 Å². The first kappa shape index (κ1) is 19.2. The monoisotopic (exact) mass is 350 g/mol. The zero-order valence-corrected chi connectivity index (χ0v) is 14.8. The van der Waals surface area contributed by atoms with Gasteiger partial charge in [0.1, 0.15) is 11.8 Å². The van der Waals surface area contributed by atoms with Crippen LogP contribution in [0.3, 0.4) is 0 Å². The van der Waals surface area contributed by atoms with Gasteiger partial charge in [-0.3, -0.25) is 9.59 Å². The predicted octanol–water partition coefficient (Wildman–Crippen LogP) is 1.06. The predicted molar refractivity (Wildman–Crippen MR) is 92.2 cm³/mol. The van der Waals surface area contributed by atoms with Gasteiger partial charge in [0.2, 0.25) is 5.91 Å². The maximum absolute atomic E-state index is 12.6. The molecule has 3 N–H and O–H groups in total. The number of hydrogen-bond donors (Lipinski definition) is 3. The first-order valence-electron chi connectivity index (χ1n) is 8.46. The molecule has 0 spiro atoms. The molecule has 138 valence electrons. The smallest absolute Gasteiger partial charge is 0.255 e. The van der Waals surface area contributed by atoms with Crippen molar-refractivity contribution < 1.29 is 24.2 Å². The maximum atomic E-state index is 12.6. The van der Waals surface area contributed by atoms with E-state index in [9.17, 15) is 14.7 Å². The number of para-hydroxylation sites is 1. The van der Waals surface area contributed by atoms with Crippen LogP contribution >= 0.6 is 0 Å². The highest BCUT2D eigenvalue weighted by Gasteiger charge is 2.31. The first-order chi connectivity index (χ1) is 11.9. The van der Waals surface area contributed by atoms with Crippen molar-refractivity contribution in [3.63, 3.8) is 0 Å². The topological polar surface area (TPSA) is 96.9 Å². The van der Waals surface area contributed by atoms with E-state index in [0.29, 0.717) is 30.8 Å². The number of rotatable bonds is 7. The summed E-state index contributed by atoms with van der Waals surface area (Å²) in [4.78, 5) is 25.2. The van der Waals surface area contributed by atoms with Gasteiger partial charge in [0.15, 0.2) is 6.29 Å². The minimum atomic E-state index is -1.01. The molecule has 7 nitrogen and oxygen atoms in total. The van der Waals surface area contributed by atoms with Crippen molar-refractivity contribution >= 4 is 11.8 Å². The third kappa shape index (κ3) is 5.17. The van der Waals surface area contributed by atoms with Crippen LogP contribution in [0.1, 0.15) is 37.0 Å². The number of carbonyl (C=O) groups is 2. The fourth-order valence-electron chi connectivity index (χ4n) is 2.77. The van der Waals surface area contributed by atoms with E-state index in [1.54, 1.807) is 24.3 Å². The lowest BCUT2D eigenvalue weighted by molar-refractivity contribution is -0.127. The van der Waals surface area contributed by atoms with Crippen LogP contribution in [0.25, 0.3) is 0 Å². The van der Waals surface area contributed by atoms with Crippen LogP contribution in [0.15, 0.2) is 24.3 Å². The number of ether oxygens (including phenoxy) is 2. The number of methoxy groups -OCH3 is 1. The summed E-state index contributed by atoms with van der Waals surface area (Å²) in [5.41, 5.74) is 0.371. The van der Waals surface area contributed by atoms with E-state index in [1.165, 1.54) is 7.11 Å². The molecule has 1 aliphatic rings. The van der Waals surface area contributed by atoms with Crippen LogP contribution < -0.4 is 15.4 Å². The summed E-state index contributed by atoms with van der Waals surface area (Å²) >= 11 is 0. The van der Waals surface area contributed by atoms with Crippen LogP contribution in [-0.2, 0) is 9.53 Å². The van der Waals surface area contributed by atoms with Crippen LogP contribution in [0.5, 0.6) is 5.75 Å². The van der Waals surface area contributed by atoms with Crippen molar-refractivity contribution in [2.24, 2.45) is 5.92 Å². The molecule has 2 rings (SSSR count). The van der Waals surface area contributed by atoms with Crippen molar-refractivity contribution in [1.82, 2.24) is 10.6 Å². The number of hydrogen-bond acceptors (Lipinski definition) is 5. The Hall–Kier alpha value is -2.12. The van der Waals surface area contributed by atoms with Gasteiger partial charge in [-0.15, -0.1) is 0 Å². The SMILES string of the molecule is COc1ccccc1C(=O)N[C@@H](CC(C)C)C(=O)N[C@H]1CCOC1O. The summed E-state index contributed by atoms with van der Waals surface area (Å²) in [5.74, 6) is -0.0465. The number of nitrogens with one attached hydrogen (secondary N) is 2. The van der Waals surface area contributed by atoms with Gasteiger partial charge < -0.3 is 25.2 Å². The molecule has 0 radical (unpaired) electrons. The van der Waals surface area contributed by atoms with Gasteiger partial charge in [0.05, 0.1) is 25.3 Å². The van der Waals surface area contributed by atoms with E-state index >= 15 is 0 Å². The molecule has 2 amide bonds. The van der Waals surface area contributed by atoms with Crippen LogP contribution in [-0.4, -0.2) is 49.0 Å². The highest BCUT2D eigenvalue weighted by Crippen LogP contribution is 2.18. The second kappa shape index (κ2) is 8.82. The van der Waals surface area contributed by atoms with Crippen molar-refractivity contribution in [2.75, 3.05) is 13.7 Å². The van der Waals surface area contributed by atoms with E-state index in [2.05, 4.69) is 10.6 Å². The van der Waals surface area contributed by atoms with Crippen LogP contribution in [0.2, 0.25) is 0 Å². The van der Waals surface area contributed by atoms with Gasteiger partial charge >= 0.3 is 0 Å². The lowest BCUT2D eigenvalue weighted by atomic mass is 10.0. The number of aliphatic hydroxyl groups is 1. The number of amides is 2. The Bertz CT molecular complexity index is 605. The second-order valence-corrected chi connectivity index (χ2v) is 6.52. The fraction of sp³-hybridized carbons (Fsp3) is 0.556. The second-order valence-electron chi connectivity index (χ2n) is 6.52. The first-order valence-corrected chi connectivity index (χ1v) is 8.46. The Balaban J connectivity index is 2.08. The highest BCUT2D eigenvalue weighted by molar-refractivity contribution is 5.99. The molecular weight excluding hydrogens is 324 g/mol. The summed E-state index contributed by atoms with van der Waals surface area (Å²) in [6.45, 7) is 4.35. The molecule has 1 unspecified atom stereocenters. The van der Waals surface area contributed by atoms with Crippen molar-refractivity contribution in [3.8, 4) is 5.75 Å². The highest BCUT2D eigenvalue weighted by atomic mass is 16.6. The van der Waals surface area contributed by atoms with Gasteiger partial charge in [-0.2, -0.15) is 0 Å². The largest absolute Gasteiger partial charge is 0.496 e. The Morgan fingerprint density at radius 1 is 1.36 bits per heavy atom. The van der Waals surface area contributed by atoms with Crippen molar-refractivity contribution in [2.45, 2.75) is 45.1 Å². The Labute approximate surface area is 147 Å². The summed E-state index contributed by atoms with van der Waals surface area (Å²) < 4.78 is 10.2. The van der Waals surface area contributed by atoms with E-state index in [0.717, 1.165) is 0 Å². The molecule has 1 heterocycles. The third-order valence-electron chi connectivity index (χ3n) is 4.07. The van der Waals surface area contributed by atoms with E-state index < -0.39 is 18.4 Å². The van der Waals surface area contributed by atoms with Gasteiger partial charge in [0.25, 0.3) is 5.91 Å². The van der Waals surface area contributed by atoms with E-state index in [1.807, 2.05) is 13.8 Å². The third-order valence-corrected chi connectivity index (χ3v) is 4.07. The zero-order chi connectivity index (χ0) is 18.4. The zero-order valence-electron chi connectivity index (χ0n) is 14.8. The molecule has 25 heavy (non-hydrogen) atoms. The molecule has 0 aromatic heterocycles. The fourth-order valence-corrected chi connectivity index (χ4v) is 2.77. The molecule has 1 fully saturated rings.